The van der Waals surface area contributed by atoms with Crippen LogP contribution in [0.1, 0.15) is 16.8 Å². The number of nitrogens with two attached hydrogens (primary N) is 1. The lowest BCUT2D eigenvalue weighted by molar-refractivity contribution is -0.384. The summed E-state index contributed by atoms with van der Waals surface area (Å²) in [5.74, 6) is 4.91. The second kappa shape index (κ2) is 5.63. The predicted octanol–water partition coefficient (Wildman–Crippen LogP) is 0.399. The average Bonchev–Trinajstić information content (AvgIpc) is 2.90. The molecule has 1 aliphatic heterocycles. The SMILES string of the molecule is NNc1cc(C(=O)NC2CCOC2)ccc1[N+](=O)[O-]. The second-order valence-corrected chi connectivity index (χ2v) is 4.17. The molecule has 1 aromatic rings. The maximum absolute atomic E-state index is 11.9. The van der Waals surface area contributed by atoms with E-state index in [-0.39, 0.29) is 23.3 Å². The van der Waals surface area contributed by atoms with Gasteiger partial charge in [-0.1, -0.05) is 0 Å². The molecule has 0 aliphatic carbocycles. The summed E-state index contributed by atoms with van der Waals surface area (Å²) in [6.45, 7) is 1.11. The van der Waals surface area contributed by atoms with Crippen molar-refractivity contribution in [3.63, 3.8) is 0 Å². The highest BCUT2D eigenvalue weighted by molar-refractivity contribution is 5.96. The Bertz CT molecular complexity index is 499. The molecule has 2 rings (SSSR count). The fourth-order valence-electron chi connectivity index (χ4n) is 1.87. The smallest absolute Gasteiger partial charge is 0.293 e. The van der Waals surface area contributed by atoms with Gasteiger partial charge < -0.3 is 15.5 Å². The highest BCUT2D eigenvalue weighted by Gasteiger charge is 2.20. The van der Waals surface area contributed by atoms with Gasteiger partial charge in [0.15, 0.2) is 0 Å². The van der Waals surface area contributed by atoms with Gasteiger partial charge in [0, 0.05) is 18.2 Å². The summed E-state index contributed by atoms with van der Waals surface area (Å²) >= 11 is 0. The van der Waals surface area contributed by atoms with E-state index in [1.807, 2.05) is 0 Å². The van der Waals surface area contributed by atoms with Crippen LogP contribution < -0.4 is 16.6 Å². The number of carbonyl (C=O) groups is 1. The van der Waals surface area contributed by atoms with Gasteiger partial charge in [-0.25, -0.2) is 0 Å². The molecule has 1 aromatic carbocycles. The number of nitro groups is 1. The first-order chi connectivity index (χ1) is 9.11. The molecule has 0 spiro atoms. The molecule has 8 heteroatoms. The first-order valence-electron chi connectivity index (χ1n) is 5.75. The molecule has 1 amide bonds. The first kappa shape index (κ1) is 13.2. The molecule has 1 unspecified atom stereocenters. The maximum Gasteiger partial charge on any atom is 0.293 e. The highest BCUT2D eigenvalue weighted by atomic mass is 16.6. The van der Waals surface area contributed by atoms with Crippen molar-refractivity contribution in [2.75, 3.05) is 18.6 Å². The van der Waals surface area contributed by atoms with Gasteiger partial charge in [0.2, 0.25) is 0 Å². The normalized spacial score (nSPS) is 18.1. The van der Waals surface area contributed by atoms with E-state index in [1.165, 1.54) is 18.2 Å². The number of nitro benzene ring substituents is 1. The van der Waals surface area contributed by atoms with Gasteiger partial charge in [-0.15, -0.1) is 0 Å². The number of benzene rings is 1. The molecular weight excluding hydrogens is 252 g/mol. The van der Waals surface area contributed by atoms with Gasteiger partial charge in [-0.2, -0.15) is 0 Å². The Kier molecular flexibility index (Phi) is 3.93. The van der Waals surface area contributed by atoms with Crippen LogP contribution in [0.4, 0.5) is 11.4 Å². The number of carbonyl (C=O) groups excluding carboxylic acids is 1. The van der Waals surface area contributed by atoms with Crippen molar-refractivity contribution in [3.8, 4) is 0 Å². The highest BCUT2D eigenvalue weighted by Crippen LogP contribution is 2.24. The minimum atomic E-state index is -0.568. The number of hydrogen-bond donors (Lipinski definition) is 3. The number of amides is 1. The monoisotopic (exact) mass is 266 g/mol. The average molecular weight is 266 g/mol. The van der Waals surface area contributed by atoms with E-state index in [1.54, 1.807) is 0 Å². The van der Waals surface area contributed by atoms with E-state index >= 15 is 0 Å². The molecule has 1 aliphatic rings. The third-order valence-corrected chi connectivity index (χ3v) is 2.88. The van der Waals surface area contributed by atoms with E-state index in [4.69, 9.17) is 10.6 Å². The summed E-state index contributed by atoms with van der Waals surface area (Å²) < 4.78 is 5.15. The van der Waals surface area contributed by atoms with Gasteiger partial charge in [0.1, 0.15) is 5.69 Å². The molecule has 19 heavy (non-hydrogen) atoms. The van der Waals surface area contributed by atoms with E-state index in [0.29, 0.717) is 18.8 Å². The van der Waals surface area contributed by atoms with Crippen LogP contribution in [0.2, 0.25) is 0 Å². The Hall–Kier alpha value is -2.19. The van der Waals surface area contributed by atoms with Crippen LogP contribution in [-0.2, 0) is 4.74 Å². The minimum absolute atomic E-state index is 0.0167. The minimum Gasteiger partial charge on any atom is -0.379 e. The van der Waals surface area contributed by atoms with Gasteiger partial charge in [0.05, 0.1) is 17.6 Å². The van der Waals surface area contributed by atoms with Crippen LogP contribution in [0.25, 0.3) is 0 Å². The molecule has 0 aromatic heterocycles. The van der Waals surface area contributed by atoms with E-state index in [2.05, 4.69) is 10.7 Å². The van der Waals surface area contributed by atoms with Crippen LogP contribution in [0, 0.1) is 10.1 Å². The van der Waals surface area contributed by atoms with Crippen molar-refractivity contribution in [2.45, 2.75) is 12.5 Å². The van der Waals surface area contributed by atoms with Crippen LogP contribution in [0.15, 0.2) is 18.2 Å². The standard InChI is InChI=1S/C11H14N4O4/c12-14-9-5-7(1-2-10(9)15(17)18)11(16)13-8-3-4-19-6-8/h1-2,5,8,14H,3-4,6,12H2,(H,13,16). The predicted molar refractivity (Wildman–Crippen MR) is 67.6 cm³/mol. The number of ether oxygens (including phenoxy) is 1. The summed E-state index contributed by atoms with van der Waals surface area (Å²) in [5.41, 5.74) is 2.45. The fraction of sp³-hybridized carbons (Fsp3) is 0.364. The summed E-state index contributed by atoms with van der Waals surface area (Å²) in [4.78, 5) is 22.1. The van der Waals surface area contributed by atoms with Crippen LogP contribution in [-0.4, -0.2) is 30.1 Å². The Balaban J connectivity index is 2.15. The number of nitrogens with one attached hydrogen (secondary N) is 2. The quantitative estimate of drug-likeness (QED) is 0.412. The molecule has 1 saturated heterocycles. The van der Waals surface area contributed by atoms with Crippen LogP contribution in [0.5, 0.6) is 0 Å². The Morgan fingerprint density at radius 3 is 2.89 bits per heavy atom. The topological polar surface area (TPSA) is 120 Å². The molecule has 0 saturated carbocycles. The molecule has 1 heterocycles. The largest absolute Gasteiger partial charge is 0.379 e. The summed E-state index contributed by atoms with van der Waals surface area (Å²) in [7, 11) is 0. The van der Waals surface area contributed by atoms with E-state index < -0.39 is 4.92 Å². The molecule has 4 N–H and O–H groups in total. The van der Waals surface area contributed by atoms with E-state index in [9.17, 15) is 14.9 Å². The summed E-state index contributed by atoms with van der Waals surface area (Å²) in [5, 5.41) is 13.5. The number of rotatable bonds is 4. The third-order valence-electron chi connectivity index (χ3n) is 2.88. The van der Waals surface area contributed by atoms with Gasteiger partial charge >= 0.3 is 0 Å². The lowest BCUT2D eigenvalue weighted by Crippen LogP contribution is -2.35. The van der Waals surface area contributed by atoms with Gasteiger partial charge in [0.25, 0.3) is 11.6 Å². The van der Waals surface area contributed by atoms with Gasteiger partial charge in [-0.05, 0) is 18.6 Å². The lowest BCUT2D eigenvalue weighted by Gasteiger charge is -2.11. The van der Waals surface area contributed by atoms with Crippen molar-refractivity contribution in [2.24, 2.45) is 5.84 Å². The molecule has 1 fully saturated rings. The zero-order chi connectivity index (χ0) is 13.8. The van der Waals surface area contributed by atoms with Crippen molar-refractivity contribution in [1.29, 1.82) is 0 Å². The summed E-state index contributed by atoms with van der Waals surface area (Å²) in [6, 6.07) is 3.97. The van der Waals surface area contributed by atoms with Gasteiger partial charge in [-0.3, -0.25) is 20.8 Å². The zero-order valence-corrected chi connectivity index (χ0v) is 10.1. The first-order valence-corrected chi connectivity index (χ1v) is 5.75. The lowest BCUT2D eigenvalue weighted by atomic mass is 10.1. The molecule has 102 valence electrons. The molecule has 1 atom stereocenters. The number of hydrazine groups is 1. The van der Waals surface area contributed by atoms with Crippen molar-refractivity contribution in [3.05, 3.63) is 33.9 Å². The molecule has 0 radical (unpaired) electrons. The van der Waals surface area contributed by atoms with Crippen molar-refractivity contribution >= 4 is 17.3 Å². The second-order valence-electron chi connectivity index (χ2n) is 4.17. The number of nitrogen functional groups attached to an aromatic ring is 1. The van der Waals surface area contributed by atoms with Crippen LogP contribution in [0.3, 0.4) is 0 Å². The Morgan fingerprint density at radius 1 is 1.53 bits per heavy atom. The summed E-state index contributed by atoms with van der Waals surface area (Å²) in [6.07, 6.45) is 0.765. The molecule has 0 bridgehead atoms. The number of nitrogens with zero attached hydrogens (tertiary/aromatic N) is 1. The Morgan fingerprint density at radius 2 is 2.32 bits per heavy atom. The molecular formula is C11H14N4O4. The number of anilines is 1. The Labute approximate surface area is 109 Å². The van der Waals surface area contributed by atoms with Crippen molar-refractivity contribution < 1.29 is 14.5 Å². The van der Waals surface area contributed by atoms with E-state index in [0.717, 1.165) is 6.42 Å². The fourth-order valence-corrected chi connectivity index (χ4v) is 1.87. The zero-order valence-electron chi connectivity index (χ0n) is 10.1. The number of hydrogen-bond acceptors (Lipinski definition) is 6. The van der Waals surface area contributed by atoms with Crippen molar-refractivity contribution in [1.82, 2.24) is 5.32 Å². The molecule has 8 nitrogen and oxygen atoms in total. The third kappa shape index (κ3) is 2.98. The van der Waals surface area contributed by atoms with Crippen LogP contribution >= 0.6 is 0 Å². The maximum atomic E-state index is 11.9.